The number of carbonyl (C=O) groups excluding carboxylic acids is 1. The molecule has 1 fully saturated rings. The summed E-state index contributed by atoms with van der Waals surface area (Å²) < 4.78 is 13.9. The minimum atomic E-state index is -1.02. The first-order chi connectivity index (χ1) is 9.93. The van der Waals surface area contributed by atoms with E-state index in [1.807, 2.05) is 6.92 Å². The number of carboxylic acid groups (broad SMARTS) is 1. The summed E-state index contributed by atoms with van der Waals surface area (Å²) >= 11 is 0. The third-order valence-corrected chi connectivity index (χ3v) is 4.19. The van der Waals surface area contributed by atoms with Crippen molar-refractivity contribution in [3.8, 4) is 0 Å². The van der Waals surface area contributed by atoms with E-state index in [0.29, 0.717) is 18.9 Å². The Balaban J connectivity index is 2.26. The number of aliphatic carboxylic acids is 1. The third kappa shape index (κ3) is 3.23. The van der Waals surface area contributed by atoms with E-state index in [2.05, 4.69) is 0 Å². The van der Waals surface area contributed by atoms with Crippen LogP contribution in [0.1, 0.15) is 42.1 Å². The van der Waals surface area contributed by atoms with E-state index in [1.165, 1.54) is 17.0 Å². The summed E-state index contributed by atoms with van der Waals surface area (Å²) in [5.74, 6) is -1.84. The first-order valence-electron chi connectivity index (χ1n) is 7.24. The third-order valence-electron chi connectivity index (χ3n) is 4.19. The number of hydrogen-bond donors (Lipinski definition) is 1. The van der Waals surface area contributed by atoms with Gasteiger partial charge in [-0.1, -0.05) is 19.4 Å². The summed E-state index contributed by atoms with van der Waals surface area (Å²) in [4.78, 5) is 25.2. The first kappa shape index (κ1) is 15.5. The molecule has 1 aromatic rings. The highest BCUT2D eigenvalue weighted by atomic mass is 19.1. The molecule has 5 heteroatoms. The lowest BCUT2D eigenvalue weighted by atomic mass is 9.88. The smallest absolute Gasteiger partial charge is 0.326 e. The van der Waals surface area contributed by atoms with Gasteiger partial charge in [-0.3, -0.25) is 4.79 Å². The van der Waals surface area contributed by atoms with Crippen molar-refractivity contribution in [3.63, 3.8) is 0 Å². The van der Waals surface area contributed by atoms with Crippen LogP contribution in [0.4, 0.5) is 4.39 Å². The topological polar surface area (TPSA) is 57.6 Å². The van der Waals surface area contributed by atoms with E-state index in [0.717, 1.165) is 18.4 Å². The Bertz CT molecular complexity index is 558. The molecule has 0 radical (unpaired) electrons. The normalized spacial score (nSPS) is 22.1. The molecule has 1 aromatic carbocycles. The van der Waals surface area contributed by atoms with Crippen molar-refractivity contribution in [2.45, 2.75) is 39.2 Å². The van der Waals surface area contributed by atoms with Gasteiger partial charge in [0.25, 0.3) is 5.91 Å². The zero-order chi connectivity index (χ0) is 15.6. The number of benzene rings is 1. The second-order valence-corrected chi connectivity index (χ2v) is 5.63. The van der Waals surface area contributed by atoms with Gasteiger partial charge in [0, 0.05) is 6.54 Å². The lowest BCUT2D eigenvalue weighted by Crippen LogP contribution is -2.50. The molecule has 0 aliphatic carbocycles. The SMILES string of the molecule is CCC1CCN(C(=O)c2ccc(C)cc2F)C(C(=O)O)C1. The van der Waals surface area contributed by atoms with E-state index < -0.39 is 23.7 Å². The van der Waals surface area contributed by atoms with Gasteiger partial charge < -0.3 is 10.0 Å². The summed E-state index contributed by atoms with van der Waals surface area (Å²) in [5, 5.41) is 9.34. The average Bonchev–Trinajstić information content (AvgIpc) is 2.46. The monoisotopic (exact) mass is 293 g/mol. The van der Waals surface area contributed by atoms with Crippen LogP contribution in [-0.2, 0) is 4.79 Å². The molecule has 2 unspecified atom stereocenters. The number of amides is 1. The molecule has 1 aliphatic heterocycles. The largest absolute Gasteiger partial charge is 0.480 e. The zero-order valence-electron chi connectivity index (χ0n) is 12.3. The number of hydrogen-bond acceptors (Lipinski definition) is 2. The summed E-state index contributed by atoms with van der Waals surface area (Å²) in [6, 6.07) is 3.52. The molecular weight excluding hydrogens is 273 g/mol. The number of carboxylic acids is 1. The van der Waals surface area contributed by atoms with Crippen LogP contribution in [0.15, 0.2) is 18.2 Å². The van der Waals surface area contributed by atoms with Crippen molar-refractivity contribution in [3.05, 3.63) is 35.1 Å². The second kappa shape index (κ2) is 6.24. The maximum atomic E-state index is 13.9. The van der Waals surface area contributed by atoms with E-state index >= 15 is 0 Å². The molecule has 0 bridgehead atoms. The number of aryl methyl sites for hydroxylation is 1. The standard InChI is InChI=1S/C16H20FNO3/c1-3-11-6-7-18(14(9-11)16(20)21)15(19)12-5-4-10(2)8-13(12)17/h4-5,8,11,14H,3,6-7,9H2,1-2H3,(H,20,21). The fourth-order valence-corrected chi connectivity index (χ4v) is 2.83. The van der Waals surface area contributed by atoms with Crippen molar-refractivity contribution < 1.29 is 19.1 Å². The van der Waals surface area contributed by atoms with Gasteiger partial charge in [0.05, 0.1) is 5.56 Å². The molecule has 114 valence electrons. The minimum absolute atomic E-state index is 0.0539. The van der Waals surface area contributed by atoms with E-state index in [-0.39, 0.29) is 5.56 Å². The van der Waals surface area contributed by atoms with Gasteiger partial charge in [0.1, 0.15) is 11.9 Å². The maximum absolute atomic E-state index is 13.9. The van der Waals surface area contributed by atoms with Crippen LogP contribution in [-0.4, -0.2) is 34.5 Å². The quantitative estimate of drug-likeness (QED) is 0.932. The first-order valence-corrected chi connectivity index (χ1v) is 7.24. The zero-order valence-corrected chi connectivity index (χ0v) is 12.3. The number of likely N-dealkylation sites (tertiary alicyclic amines) is 1. The van der Waals surface area contributed by atoms with Crippen molar-refractivity contribution >= 4 is 11.9 Å². The van der Waals surface area contributed by atoms with E-state index in [4.69, 9.17) is 0 Å². The van der Waals surface area contributed by atoms with Crippen LogP contribution in [0.2, 0.25) is 0 Å². The number of halogens is 1. The summed E-state index contributed by atoms with van der Waals surface area (Å²) in [6.07, 6.45) is 2.09. The Morgan fingerprint density at radius 3 is 2.71 bits per heavy atom. The van der Waals surface area contributed by atoms with Gasteiger partial charge in [-0.05, 0) is 43.4 Å². The highest BCUT2D eigenvalue weighted by Crippen LogP contribution is 2.27. The maximum Gasteiger partial charge on any atom is 0.326 e. The van der Waals surface area contributed by atoms with Crippen LogP contribution in [0.3, 0.4) is 0 Å². The van der Waals surface area contributed by atoms with Crippen molar-refractivity contribution in [1.82, 2.24) is 4.90 Å². The van der Waals surface area contributed by atoms with Crippen LogP contribution in [0.5, 0.6) is 0 Å². The Kier molecular flexibility index (Phi) is 4.60. The highest BCUT2D eigenvalue weighted by molar-refractivity contribution is 5.97. The molecule has 0 aromatic heterocycles. The molecule has 4 nitrogen and oxygen atoms in total. The molecule has 1 heterocycles. The second-order valence-electron chi connectivity index (χ2n) is 5.63. The van der Waals surface area contributed by atoms with Gasteiger partial charge in [-0.25, -0.2) is 9.18 Å². The predicted octanol–water partition coefficient (Wildman–Crippen LogP) is 2.85. The highest BCUT2D eigenvalue weighted by Gasteiger charge is 2.36. The van der Waals surface area contributed by atoms with Crippen LogP contribution >= 0.6 is 0 Å². The fourth-order valence-electron chi connectivity index (χ4n) is 2.83. The summed E-state index contributed by atoms with van der Waals surface area (Å²) in [7, 11) is 0. The summed E-state index contributed by atoms with van der Waals surface area (Å²) in [5.41, 5.74) is 0.672. The minimum Gasteiger partial charge on any atom is -0.480 e. The molecule has 1 aliphatic rings. The van der Waals surface area contributed by atoms with Crippen LogP contribution < -0.4 is 0 Å². The van der Waals surface area contributed by atoms with Gasteiger partial charge in [0.2, 0.25) is 0 Å². The van der Waals surface area contributed by atoms with Crippen molar-refractivity contribution in [2.24, 2.45) is 5.92 Å². The lowest BCUT2D eigenvalue weighted by molar-refractivity contribution is -0.144. The molecule has 1 N–H and O–H groups in total. The van der Waals surface area contributed by atoms with Crippen molar-refractivity contribution in [1.29, 1.82) is 0 Å². The van der Waals surface area contributed by atoms with Gasteiger partial charge in [-0.2, -0.15) is 0 Å². The molecule has 21 heavy (non-hydrogen) atoms. The van der Waals surface area contributed by atoms with Crippen LogP contribution in [0, 0.1) is 18.7 Å². The number of carbonyl (C=O) groups is 2. The molecule has 0 saturated carbocycles. The Morgan fingerprint density at radius 2 is 2.14 bits per heavy atom. The van der Waals surface area contributed by atoms with Crippen molar-refractivity contribution in [2.75, 3.05) is 6.54 Å². The number of piperidine rings is 1. The van der Waals surface area contributed by atoms with Crippen LogP contribution in [0.25, 0.3) is 0 Å². The number of rotatable bonds is 3. The Hall–Kier alpha value is -1.91. The average molecular weight is 293 g/mol. The van der Waals surface area contributed by atoms with Gasteiger partial charge >= 0.3 is 5.97 Å². The van der Waals surface area contributed by atoms with E-state index in [1.54, 1.807) is 13.0 Å². The molecule has 1 saturated heterocycles. The fraction of sp³-hybridized carbons (Fsp3) is 0.500. The molecule has 1 amide bonds. The molecule has 2 atom stereocenters. The van der Waals surface area contributed by atoms with Gasteiger partial charge in [-0.15, -0.1) is 0 Å². The molecule has 0 spiro atoms. The summed E-state index contributed by atoms with van der Waals surface area (Å²) in [6.45, 7) is 4.12. The molecule has 2 rings (SSSR count). The Labute approximate surface area is 123 Å². The Morgan fingerprint density at radius 1 is 1.43 bits per heavy atom. The predicted molar refractivity (Wildman–Crippen MR) is 76.6 cm³/mol. The van der Waals surface area contributed by atoms with Gasteiger partial charge in [0.15, 0.2) is 0 Å². The molecular formula is C16H20FNO3. The van der Waals surface area contributed by atoms with E-state index in [9.17, 15) is 19.1 Å². The number of nitrogens with zero attached hydrogens (tertiary/aromatic N) is 1. The lowest BCUT2D eigenvalue weighted by Gasteiger charge is -2.37.